The van der Waals surface area contributed by atoms with Crippen LogP contribution in [-0.2, 0) is 5.04 Å². The fraction of sp³-hybridized carbons (Fsp3) is 0.143. The van der Waals surface area contributed by atoms with E-state index in [9.17, 15) is 4.80 Å². The molecule has 0 aliphatic heterocycles. The van der Waals surface area contributed by atoms with Crippen LogP contribution in [0.4, 0.5) is 0 Å². The summed E-state index contributed by atoms with van der Waals surface area (Å²) >= 11 is 0. The molecule has 1 nitrogen and oxygen atoms in total. The van der Waals surface area contributed by atoms with Gasteiger partial charge in [0.15, 0.2) is 9.76 Å². The Morgan fingerprint density at radius 3 is 1.48 bits per heavy atom. The Morgan fingerprint density at radius 1 is 0.696 bits per heavy atom. The fourth-order valence-corrected chi connectivity index (χ4v) is 4.83. The molecule has 23 heavy (non-hydrogen) atoms. The minimum atomic E-state index is -1.37. The molecule has 0 radical (unpaired) electrons. The second-order valence-corrected chi connectivity index (χ2v) is 7.43. The minimum absolute atomic E-state index is 0.213. The van der Waals surface area contributed by atoms with Crippen molar-refractivity contribution >= 4 is 9.76 Å². The van der Waals surface area contributed by atoms with Gasteiger partial charge in [-0.25, -0.2) is 0 Å². The van der Waals surface area contributed by atoms with Crippen LogP contribution < -0.4 is 0 Å². The van der Waals surface area contributed by atoms with Crippen molar-refractivity contribution in [3.8, 4) is 0 Å². The predicted molar refractivity (Wildman–Crippen MR) is 99.3 cm³/mol. The van der Waals surface area contributed by atoms with Gasteiger partial charge < -0.3 is 4.80 Å². The minimum Gasteiger partial charge on any atom is -0.437 e. The third-order valence-electron chi connectivity index (χ3n) is 4.87. The van der Waals surface area contributed by atoms with Gasteiger partial charge in [-0.05, 0) is 22.6 Å². The largest absolute Gasteiger partial charge is 0.437 e. The van der Waals surface area contributed by atoms with Gasteiger partial charge in [-0.2, -0.15) is 0 Å². The van der Waals surface area contributed by atoms with Crippen molar-refractivity contribution in [2.75, 3.05) is 0 Å². The Hall–Kier alpha value is -2.16. The van der Waals surface area contributed by atoms with Gasteiger partial charge in [-0.15, -0.1) is 0 Å². The SMILES string of the molecule is CC(c1ccccc1)C([SiH2]O)(c1ccccc1)c1ccccc1. The van der Waals surface area contributed by atoms with Crippen LogP contribution in [0.5, 0.6) is 0 Å². The molecule has 0 heterocycles. The molecule has 0 amide bonds. The first-order valence-corrected chi connectivity index (χ1v) is 9.40. The molecule has 3 aromatic carbocycles. The molecule has 1 atom stereocenters. The fourth-order valence-electron chi connectivity index (χ4n) is 3.48. The van der Waals surface area contributed by atoms with Gasteiger partial charge in [0.1, 0.15) is 0 Å². The molecular weight excluding hydrogens is 296 g/mol. The molecule has 2 heteroatoms. The van der Waals surface area contributed by atoms with Gasteiger partial charge in [-0.3, -0.25) is 0 Å². The van der Waals surface area contributed by atoms with Gasteiger partial charge in [0.05, 0.1) is 0 Å². The zero-order valence-corrected chi connectivity index (χ0v) is 14.8. The van der Waals surface area contributed by atoms with E-state index in [4.69, 9.17) is 0 Å². The van der Waals surface area contributed by atoms with Crippen LogP contribution >= 0.6 is 0 Å². The number of hydrogen-bond acceptors (Lipinski definition) is 1. The van der Waals surface area contributed by atoms with Crippen LogP contribution in [0.1, 0.15) is 29.5 Å². The van der Waals surface area contributed by atoms with Gasteiger partial charge >= 0.3 is 0 Å². The molecule has 1 unspecified atom stereocenters. The smallest absolute Gasteiger partial charge is 0.172 e. The summed E-state index contributed by atoms with van der Waals surface area (Å²) < 4.78 is 0. The molecule has 0 saturated carbocycles. The second kappa shape index (κ2) is 6.94. The normalized spacial score (nSPS) is 13.3. The maximum atomic E-state index is 10.7. The number of rotatable bonds is 5. The monoisotopic (exact) mass is 318 g/mol. The van der Waals surface area contributed by atoms with E-state index >= 15 is 0 Å². The molecule has 3 rings (SSSR count). The number of hydrogen-bond donors (Lipinski definition) is 1. The Morgan fingerprint density at radius 2 is 1.09 bits per heavy atom. The van der Waals surface area contributed by atoms with E-state index in [1.807, 2.05) is 18.2 Å². The summed E-state index contributed by atoms with van der Waals surface area (Å²) in [5.74, 6) is 0.213. The summed E-state index contributed by atoms with van der Waals surface area (Å²) in [6.45, 7) is 2.23. The summed E-state index contributed by atoms with van der Waals surface area (Å²) in [5, 5.41) is -0.316. The number of benzene rings is 3. The molecule has 116 valence electrons. The van der Waals surface area contributed by atoms with Crippen molar-refractivity contribution in [1.82, 2.24) is 0 Å². The highest BCUT2D eigenvalue weighted by Crippen LogP contribution is 2.43. The van der Waals surface area contributed by atoms with Gasteiger partial charge in [0.25, 0.3) is 0 Å². The van der Waals surface area contributed by atoms with Crippen LogP contribution in [0, 0.1) is 0 Å². The molecule has 0 saturated heterocycles. The highest BCUT2D eigenvalue weighted by atomic mass is 28.2. The lowest BCUT2D eigenvalue weighted by molar-refractivity contribution is 0.493. The zero-order chi connectivity index (χ0) is 16.1. The van der Waals surface area contributed by atoms with Crippen LogP contribution in [0.25, 0.3) is 0 Å². The van der Waals surface area contributed by atoms with Crippen LogP contribution in [0.3, 0.4) is 0 Å². The first-order chi connectivity index (χ1) is 11.3. The van der Waals surface area contributed by atoms with E-state index in [-0.39, 0.29) is 11.0 Å². The summed E-state index contributed by atoms with van der Waals surface area (Å²) in [7, 11) is -1.37. The molecule has 0 fully saturated rings. The van der Waals surface area contributed by atoms with E-state index in [1.54, 1.807) is 0 Å². The van der Waals surface area contributed by atoms with E-state index in [1.165, 1.54) is 16.7 Å². The van der Waals surface area contributed by atoms with Crippen molar-refractivity contribution in [2.45, 2.75) is 17.9 Å². The average Bonchev–Trinajstić information content (AvgIpc) is 2.65. The van der Waals surface area contributed by atoms with Crippen molar-refractivity contribution in [3.63, 3.8) is 0 Å². The van der Waals surface area contributed by atoms with Gasteiger partial charge in [0.2, 0.25) is 0 Å². The summed E-state index contributed by atoms with van der Waals surface area (Å²) in [6.07, 6.45) is 0. The van der Waals surface area contributed by atoms with Crippen molar-refractivity contribution in [2.24, 2.45) is 0 Å². The molecule has 1 N–H and O–H groups in total. The van der Waals surface area contributed by atoms with Crippen LogP contribution in [0.15, 0.2) is 91.0 Å². The van der Waals surface area contributed by atoms with E-state index < -0.39 is 9.76 Å². The molecule has 0 spiro atoms. The van der Waals surface area contributed by atoms with Crippen LogP contribution in [-0.4, -0.2) is 14.6 Å². The third kappa shape index (κ3) is 2.88. The molecule has 0 bridgehead atoms. The average molecular weight is 318 g/mol. The van der Waals surface area contributed by atoms with Crippen molar-refractivity contribution in [1.29, 1.82) is 0 Å². The summed E-state index contributed by atoms with van der Waals surface area (Å²) in [6, 6.07) is 31.4. The van der Waals surface area contributed by atoms with Crippen molar-refractivity contribution < 1.29 is 4.80 Å². The maximum absolute atomic E-state index is 10.7. The topological polar surface area (TPSA) is 20.2 Å². The summed E-state index contributed by atoms with van der Waals surface area (Å²) in [4.78, 5) is 10.7. The second-order valence-electron chi connectivity index (χ2n) is 5.99. The molecule has 0 aromatic heterocycles. The molecule has 0 aliphatic carbocycles. The quantitative estimate of drug-likeness (QED) is 0.709. The lowest BCUT2D eigenvalue weighted by Crippen LogP contribution is -2.40. The Balaban J connectivity index is 2.21. The molecule has 0 aliphatic rings. The van der Waals surface area contributed by atoms with Gasteiger partial charge in [-0.1, -0.05) is 97.9 Å². The highest BCUT2D eigenvalue weighted by Gasteiger charge is 2.40. The lowest BCUT2D eigenvalue weighted by Gasteiger charge is -2.39. The predicted octanol–water partition coefficient (Wildman–Crippen LogP) is 3.81. The van der Waals surface area contributed by atoms with E-state index in [0.717, 1.165) is 0 Å². The van der Waals surface area contributed by atoms with Gasteiger partial charge in [0, 0.05) is 5.04 Å². The lowest BCUT2D eigenvalue weighted by atomic mass is 9.77. The summed E-state index contributed by atoms with van der Waals surface area (Å²) in [5.41, 5.74) is 3.68. The zero-order valence-electron chi connectivity index (χ0n) is 13.4. The first-order valence-electron chi connectivity index (χ1n) is 8.06. The standard InChI is InChI=1S/C21H22OSi/c1-17(18-11-5-2-6-12-18)21(23-22,19-13-7-3-8-14-19)20-15-9-4-10-16-20/h2-17,22H,23H2,1H3. The maximum Gasteiger partial charge on any atom is 0.172 e. The Kier molecular flexibility index (Phi) is 4.75. The van der Waals surface area contributed by atoms with E-state index in [2.05, 4.69) is 79.7 Å². The molecular formula is C21H22OSi. The van der Waals surface area contributed by atoms with Crippen LogP contribution in [0.2, 0.25) is 0 Å². The molecule has 3 aromatic rings. The Labute approximate surface area is 140 Å². The Bertz CT molecular complexity index is 686. The van der Waals surface area contributed by atoms with Crippen molar-refractivity contribution in [3.05, 3.63) is 108 Å². The highest BCUT2D eigenvalue weighted by molar-refractivity contribution is 6.33. The van der Waals surface area contributed by atoms with E-state index in [0.29, 0.717) is 0 Å². The first kappa shape index (κ1) is 15.7. The third-order valence-corrected chi connectivity index (χ3v) is 6.79.